The Hall–Kier alpha value is -1.38. The van der Waals surface area contributed by atoms with Gasteiger partial charge < -0.3 is 5.11 Å². The Balaban J connectivity index is 2.65. The molecule has 0 aromatic heterocycles. The van der Waals surface area contributed by atoms with E-state index in [4.69, 9.17) is 11.6 Å². The van der Waals surface area contributed by atoms with Gasteiger partial charge in [0, 0.05) is 5.56 Å². The SMILES string of the molecule is O=C=NC1(c2c(Cl)ccc(F)c2O)CCCC1. The number of phenolic OH excluding ortho intramolecular Hbond substituents is 1. The van der Waals surface area contributed by atoms with Crippen LogP contribution in [0.1, 0.15) is 31.2 Å². The van der Waals surface area contributed by atoms with Crippen LogP contribution in [0.3, 0.4) is 0 Å². The minimum Gasteiger partial charge on any atom is -0.505 e. The summed E-state index contributed by atoms with van der Waals surface area (Å²) in [6.07, 6.45) is 4.36. The normalized spacial score (nSPS) is 17.8. The average molecular weight is 256 g/mol. The highest BCUT2D eigenvalue weighted by Gasteiger charge is 2.40. The Morgan fingerprint density at radius 3 is 2.65 bits per heavy atom. The second-order valence-electron chi connectivity index (χ2n) is 4.19. The van der Waals surface area contributed by atoms with Crippen molar-refractivity contribution in [1.82, 2.24) is 0 Å². The van der Waals surface area contributed by atoms with Gasteiger partial charge in [0.1, 0.15) is 5.54 Å². The zero-order valence-corrected chi connectivity index (χ0v) is 9.80. The zero-order valence-electron chi connectivity index (χ0n) is 9.04. The Morgan fingerprint density at radius 2 is 2.06 bits per heavy atom. The minimum absolute atomic E-state index is 0.208. The lowest BCUT2D eigenvalue weighted by Gasteiger charge is -2.25. The van der Waals surface area contributed by atoms with Crippen molar-refractivity contribution in [2.24, 2.45) is 4.99 Å². The summed E-state index contributed by atoms with van der Waals surface area (Å²) < 4.78 is 13.4. The van der Waals surface area contributed by atoms with Crippen LogP contribution in [-0.4, -0.2) is 11.2 Å². The summed E-state index contributed by atoms with van der Waals surface area (Å²) in [5.74, 6) is -1.27. The van der Waals surface area contributed by atoms with Crippen molar-refractivity contribution < 1.29 is 14.3 Å². The van der Waals surface area contributed by atoms with E-state index in [-0.39, 0.29) is 10.6 Å². The molecule has 0 atom stereocenters. The number of halogens is 2. The van der Waals surface area contributed by atoms with Crippen LogP contribution >= 0.6 is 11.6 Å². The summed E-state index contributed by atoms with van der Waals surface area (Å²) >= 11 is 5.99. The van der Waals surface area contributed by atoms with E-state index >= 15 is 0 Å². The summed E-state index contributed by atoms with van der Waals surface area (Å²) in [5.41, 5.74) is -0.703. The van der Waals surface area contributed by atoms with Gasteiger partial charge >= 0.3 is 0 Å². The molecule has 1 aliphatic carbocycles. The first-order chi connectivity index (χ1) is 8.10. The molecule has 1 aliphatic rings. The third-order valence-electron chi connectivity index (χ3n) is 3.23. The molecule has 0 heterocycles. The molecule has 0 bridgehead atoms. The number of nitrogens with zero attached hydrogens (tertiary/aromatic N) is 1. The predicted octanol–water partition coefficient (Wildman–Crippen LogP) is 3.29. The summed E-state index contributed by atoms with van der Waals surface area (Å²) in [5, 5.41) is 10.0. The number of hydrogen-bond donors (Lipinski definition) is 1. The van der Waals surface area contributed by atoms with Gasteiger partial charge in [0.2, 0.25) is 6.08 Å². The van der Waals surface area contributed by atoms with Crippen LogP contribution in [-0.2, 0) is 10.3 Å². The molecule has 90 valence electrons. The molecular formula is C12H11ClFNO2. The molecular weight excluding hydrogens is 245 g/mol. The third-order valence-corrected chi connectivity index (χ3v) is 3.55. The number of hydrogen-bond acceptors (Lipinski definition) is 3. The Kier molecular flexibility index (Phi) is 3.18. The summed E-state index contributed by atoms with van der Waals surface area (Å²) in [4.78, 5) is 14.3. The standard InChI is InChI=1S/C12H11ClFNO2/c13-8-3-4-9(14)11(17)10(8)12(15-7-16)5-1-2-6-12/h3-4,17H,1-2,5-6H2. The molecule has 17 heavy (non-hydrogen) atoms. The highest BCUT2D eigenvalue weighted by molar-refractivity contribution is 6.31. The van der Waals surface area contributed by atoms with Gasteiger partial charge in [-0.05, 0) is 25.0 Å². The zero-order chi connectivity index (χ0) is 12.5. The molecule has 2 rings (SSSR count). The van der Waals surface area contributed by atoms with E-state index in [0.717, 1.165) is 18.9 Å². The first-order valence-electron chi connectivity index (χ1n) is 5.37. The maximum absolute atomic E-state index is 13.4. The van der Waals surface area contributed by atoms with Gasteiger partial charge in [-0.25, -0.2) is 9.18 Å². The molecule has 0 radical (unpaired) electrons. The Bertz CT molecular complexity index is 492. The average Bonchev–Trinajstić information content (AvgIpc) is 2.74. The van der Waals surface area contributed by atoms with Crippen LogP contribution in [0.5, 0.6) is 5.75 Å². The van der Waals surface area contributed by atoms with E-state index in [1.54, 1.807) is 0 Å². The lowest BCUT2D eigenvalue weighted by Crippen LogP contribution is -2.20. The van der Waals surface area contributed by atoms with Gasteiger partial charge in [0.25, 0.3) is 0 Å². The number of carbonyl (C=O) groups excluding carboxylic acids is 1. The van der Waals surface area contributed by atoms with Gasteiger partial charge in [0.15, 0.2) is 11.6 Å². The van der Waals surface area contributed by atoms with Gasteiger partial charge in [-0.15, -0.1) is 0 Å². The van der Waals surface area contributed by atoms with Crippen LogP contribution in [0.25, 0.3) is 0 Å². The second-order valence-corrected chi connectivity index (χ2v) is 4.60. The molecule has 0 amide bonds. The first-order valence-corrected chi connectivity index (χ1v) is 5.75. The Morgan fingerprint density at radius 1 is 1.41 bits per heavy atom. The number of benzene rings is 1. The second kappa shape index (κ2) is 4.47. The first kappa shape index (κ1) is 12.1. The summed E-state index contributed by atoms with van der Waals surface area (Å²) in [6.45, 7) is 0. The van der Waals surface area contributed by atoms with Crippen LogP contribution in [0, 0.1) is 5.82 Å². The van der Waals surface area contributed by atoms with Gasteiger partial charge in [-0.3, -0.25) is 0 Å². The van der Waals surface area contributed by atoms with E-state index in [0.29, 0.717) is 12.8 Å². The van der Waals surface area contributed by atoms with Gasteiger partial charge in [-0.2, -0.15) is 4.99 Å². The Labute approximate surface area is 103 Å². The number of aromatic hydroxyl groups is 1. The highest BCUT2D eigenvalue weighted by Crippen LogP contribution is 2.48. The number of aliphatic imine (C=N–C) groups is 1. The maximum atomic E-state index is 13.4. The van der Waals surface area contributed by atoms with Crippen molar-refractivity contribution in [3.63, 3.8) is 0 Å². The highest BCUT2D eigenvalue weighted by atomic mass is 35.5. The minimum atomic E-state index is -0.912. The summed E-state index contributed by atoms with van der Waals surface area (Å²) in [6, 6.07) is 2.46. The van der Waals surface area contributed by atoms with Crippen molar-refractivity contribution in [3.05, 3.63) is 28.5 Å². The molecule has 1 aromatic carbocycles. The van der Waals surface area contributed by atoms with Gasteiger partial charge in [-0.1, -0.05) is 24.4 Å². The van der Waals surface area contributed by atoms with Crippen molar-refractivity contribution in [2.45, 2.75) is 31.2 Å². The molecule has 1 aromatic rings. The van der Waals surface area contributed by atoms with E-state index in [1.807, 2.05) is 0 Å². The molecule has 5 heteroatoms. The topological polar surface area (TPSA) is 49.7 Å². The maximum Gasteiger partial charge on any atom is 0.235 e. The molecule has 1 N–H and O–H groups in total. The molecule has 1 fully saturated rings. The lowest BCUT2D eigenvalue weighted by molar-refractivity contribution is 0.386. The van der Waals surface area contributed by atoms with E-state index in [9.17, 15) is 14.3 Å². The van der Waals surface area contributed by atoms with Crippen LogP contribution in [0.2, 0.25) is 5.02 Å². The summed E-state index contributed by atoms with van der Waals surface area (Å²) in [7, 11) is 0. The molecule has 1 saturated carbocycles. The third kappa shape index (κ3) is 1.94. The van der Waals surface area contributed by atoms with E-state index < -0.39 is 17.1 Å². The molecule has 0 unspecified atom stereocenters. The largest absolute Gasteiger partial charge is 0.505 e. The fourth-order valence-corrected chi connectivity index (χ4v) is 2.78. The number of phenols is 1. The lowest BCUT2D eigenvalue weighted by atomic mass is 9.88. The smallest absolute Gasteiger partial charge is 0.235 e. The molecule has 3 nitrogen and oxygen atoms in total. The van der Waals surface area contributed by atoms with E-state index in [1.165, 1.54) is 12.1 Å². The van der Waals surface area contributed by atoms with Crippen molar-refractivity contribution >= 4 is 17.7 Å². The predicted molar refractivity (Wildman–Crippen MR) is 61.3 cm³/mol. The van der Waals surface area contributed by atoms with Crippen molar-refractivity contribution in [1.29, 1.82) is 0 Å². The fourth-order valence-electron chi connectivity index (χ4n) is 2.45. The monoisotopic (exact) mass is 255 g/mol. The molecule has 0 spiro atoms. The number of rotatable bonds is 2. The fraction of sp³-hybridized carbons (Fsp3) is 0.417. The van der Waals surface area contributed by atoms with Gasteiger partial charge in [0.05, 0.1) is 5.02 Å². The number of isocyanates is 1. The van der Waals surface area contributed by atoms with Crippen molar-refractivity contribution in [2.75, 3.05) is 0 Å². The van der Waals surface area contributed by atoms with Crippen LogP contribution in [0.15, 0.2) is 17.1 Å². The van der Waals surface area contributed by atoms with Crippen molar-refractivity contribution in [3.8, 4) is 5.75 Å². The molecule has 0 saturated heterocycles. The molecule has 0 aliphatic heterocycles. The van der Waals surface area contributed by atoms with Crippen LogP contribution in [0.4, 0.5) is 4.39 Å². The van der Waals surface area contributed by atoms with Crippen LogP contribution < -0.4 is 0 Å². The van der Waals surface area contributed by atoms with E-state index in [2.05, 4.69) is 4.99 Å². The quantitative estimate of drug-likeness (QED) is 0.651.